The van der Waals surface area contributed by atoms with Crippen molar-refractivity contribution in [3.05, 3.63) is 41.2 Å². The van der Waals surface area contributed by atoms with E-state index in [1.165, 1.54) is 5.56 Å². The van der Waals surface area contributed by atoms with Crippen molar-refractivity contribution in [3.8, 4) is 0 Å². The van der Waals surface area contributed by atoms with Crippen LogP contribution < -0.4 is 0 Å². The van der Waals surface area contributed by atoms with E-state index in [-0.39, 0.29) is 0 Å². The Bertz CT molecular complexity index is 456. The Morgan fingerprint density at radius 1 is 1.29 bits per heavy atom. The fraction of sp³-hybridized carbons (Fsp3) is 0.182. The number of halogens is 2. The zero-order valence-corrected chi connectivity index (χ0v) is 9.85. The van der Waals surface area contributed by atoms with E-state index in [0.29, 0.717) is 5.15 Å². The summed E-state index contributed by atoms with van der Waals surface area (Å²) in [5, 5.41) is 3.74. The van der Waals surface area contributed by atoms with E-state index < -0.39 is 0 Å². The van der Waals surface area contributed by atoms with Gasteiger partial charge in [-0.25, -0.2) is 4.98 Å². The fourth-order valence-corrected chi connectivity index (χ4v) is 2.14. The predicted octanol–water partition coefficient (Wildman–Crippen LogP) is 3.83. The second-order valence-corrected chi connectivity index (χ2v) is 4.25. The first kappa shape index (κ1) is 9.94. The summed E-state index contributed by atoms with van der Waals surface area (Å²) in [6.45, 7) is 0. The van der Waals surface area contributed by atoms with Crippen LogP contribution in [0.4, 0.5) is 0 Å². The quantitative estimate of drug-likeness (QED) is 0.597. The zero-order chi connectivity index (χ0) is 9.97. The van der Waals surface area contributed by atoms with Crippen molar-refractivity contribution in [2.75, 3.05) is 5.33 Å². The van der Waals surface area contributed by atoms with Crippen molar-refractivity contribution < 1.29 is 0 Å². The van der Waals surface area contributed by atoms with Crippen LogP contribution in [0.15, 0.2) is 30.5 Å². The van der Waals surface area contributed by atoms with E-state index in [4.69, 9.17) is 11.6 Å². The molecule has 1 nitrogen and oxygen atoms in total. The van der Waals surface area contributed by atoms with Gasteiger partial charge < -0.3 is 0 Å². The van der Waals surface area contributed by atoms with Crippen molar-refractivity contribution in [1.82, 2.24) is 4.98 Å². The Kier molecular flexibility index (Phi) is 3.04. The van der Waals surface area contributed by atoms with Crippen molar-refractivity contribution in [3.63, 3.8) is 0 Å². The van der Waals surface area contributed by atoms with E-state index in [0.717, 1.165) is 22.5 Å². The molecule has 0 fully saturated rings. The van der Waals surface area contributed by atoms with Crippen molar-refractivity contribution in [1.29, 1.82) is 0 Å². The lowest BCUT2D eigenvalue weighted by molar-refractivity contribution is 1.17. The molecule has 14 heavy (non-hydrogen) atoms. The first-order chi connectivity index (χ1) is 6.81. The topological polar surface area (TPSA) is 12.9 Å². The molecule has 1 aromatic carbocycles. The number of fused-ring (bicyclic) bond motifs is 1. The molecule has 0 bridgehead atoms. The molecule has 1 aromatic heterocycles. The van der Waals surface area contributed by atoms with Gasteiger partial charge in [0.2, 0.25) is 0 Å². The second-order valence-electron chi connectivity index (χ2n) is 3.10. The Balaban J connectivity index is 2.56. The van der Waals surface area contributed by atoms with Crippen LogP contribution >= 0.6 is 27.5 Å². The summed E-state index contributed by atoms with van der Waals surface area (Å²) in [6.07, 6.45) is 2.78. The summed E-state index contributed by atoms with van der Waals surface area (Å²) >= 11 is 9.39. The summed E-state index contributed by atoms with van der Waals surface area (Å²) in [5.74, 6) is 0. The van der Waals surface area contributed by atoms with Gasteiger partial charge in [-0.1, -0.05) is 45.7 Å². The van der Waals surface area contributed by atoms with Crippen LogP contribution in [0.2, 0.25) is 5.15 Å². The Hall–Kier alpha value is -0.600. The zero-order valence-electron chi connectivity index (χ0n) is 7.50. The van der Waals surface area contributed by atoms with Gasteiger partial charge in [-0.05, 0) is 23.4 Å². The maximum absolute atomic E-state index is 5.97. The molecule has 0 unspecified atom stereocenters. The lowest BCUT2D eigenvalue weighted by atomic mass is 10.1. The molecule has 72 valence electrons. The van der Waals surface area contributed by atoms with Crippen LogP contribution in [0, 0.1) is 0 Å². The molecule has 0 aliphatic carbocycles. The highest BCUT2D eigenvalue weighted by molar-refractivity contribution is 9.09. The number of hydrogen-bond acceptors (Lipinski definition) is 1. The third-order valence-corrected chi connectivity index (χ3v) is 2.86. The summed E-state index contributed by atoms with van der Waals surface area (Å²) in [4.78, 5) is 4.04. The van der Waals surface area contributed by atoms with E-state index in [2.05, 4.69) is 33.0 Å². The van der Waals surface area contributed by atoms with Crippen molar-refractivity contribution in [2.45, 2.75) is 6.42 Å². The van der Waals surface area contributed by atoms with Gasteiger partial charge in [0.25, 0.3) is 0 Å². The molecule has 0 amide bonds. The molecule has 0 N–H and O–H groups in total. The molecule has 0 spiro atoms. The molecule has 2 aromatic rings. The SMILES string of the molecule is Clc1nccc2cc(CCBr)ccc12. The third-order valence-electron chi connectivity index (χ3n) is 2.16. The minimum Gasteiger partial charge on any atom is -0.244 e. The highest BCUT2D eigenvalue weighted by Gasteiger charge is 2.00. The van der Waals surface area contributed by atoms with E-state index in [9.17, 15) is 0 Å². The van der Waals surface area contributed by atoms with E-state index in [1.807, 2.05) is 12.1 Å². The molecule has 0 saturated heterocycles. The molecule has 2 rings (SSSR count). The third kappa shape index (κ3) is 1.91. The molecule has 0 radical (unpaired) electrons. The number of benzene rings is 1. The number of alkyl halides is 1. The van der Waals surface area contributed by atoms with Gasteiger partial charge in [0.05, 0.1) is 0 Å². The number of rotatable bonds is 2. The second kappa shape index (κ2) is 4.28. The lowest BCUT2D eigenvalue weighted by Crippen LogP contribution is -1.86. The molecule has 3 heteroatoms. The maximum Gasteiger partial charge on any atom is 0.136 e. The lowest BCUT2D eigenvalue weighted by Gasteiger charge is -2.02. The standard InChI is InChI=1S/C11H9BrClN/c12-5-3-8-1-2-10-9(7-8)4-6-14-11(10)13/h1-2,4,6-7H,3,5H2. The van der Waals surface area contributed by atoms with Crippen LogP contribution in [-0.4, -0.2) is 10.3 Å². The normalized spacial score (nSPS) is 10.7. The summed E-state index contributed by atoms with van der Waals surface area (Å²) in [7, 11) is 0. The largest absolute Gasteiger partial charge is 0.244 e. The van der Waals surface area contributed by atoms with Crippen molar-refractivity contribution in [2.24, 2.45) is 0 Å². The van der Waals surface area contributed by atoms with Crippen LogP contribution in [0.25, 0.3) is 10.8 Å². The average Bonchev–Trinajstić information content (AvgIpc) is 2.18. The van der Waals surface area contributed by atoms with Crippen LogP contribution in [0.3, 0.4) is 0 Å². The summed E-state index contributed by atoms with van der Waals surface area (Å²) in [6, 6.07) is 8.27. The molecule has 1 heterocycles. The minimum absolute atomic E-state index is 0.577. The molecular formula is C11H9BrClN. The van der Waals surface area contributed by atoms with Gasteiger partial charge in [-0.15, -0.1) is 0 Å². The van der Waals surface area contributed by atoms with Gasteiger partial charge in [0.1, 0.15) is 5.15 Å². The monoisotopic (exact) mass is 269 g/mol. The molecule has 0 atom stereocenters. The van der Waals surface area contributed by atoms with Crippen LogP contribution in [0.1, 0.15) is 5.56 Å². The van der Waals surface area contributed by atoms with Gasteiger partial charge in [-0.2, -0.15) is 0 Å². The van der Waals surface area contributed by atoms with Crippen molar-refractivity contribution >= 4 is 38.3 Å². The molecule has 0 aliphatic heterocycles. The Morgan fingerprint density at radius 3 is 2.93 bits per heavy atom. The Labute approximate surface area is 96.2 Å². The van der Waals surface area contributed by atoms with E-state index >= 15 is 0 Å². The van der Waals surface area contributed by atoms with Gasteiger partial charge >= 0.3 is 0 Å². The summed E-state index contributed by atoms with van der Waals surface area (Å²) < 4.78 is 0. The molecular weight excluding hydrogens is 261 g/mol. The predicted molar refractivity (Wildman–Crippen MR) is 64.3 cm³/mol. The van der Waals surface area contributed by atoms with Crippen LogP contribution in [0.5, 0.6) is 0 Å². The van der Waals surface area contributed by atoms with E-state index in [1.54, 1.807) is 6.20 Å². The Morgan fingerprint density at radius 2 is 2.14 bits per heavy atom. The van der Waals surface area contributed by atoms with Gasteiger partial charge in [0.15, 0.2) is 0 Å². The fourth-order valence-electron chi connectivity index (χ4n) is 1.46. The highest BCUT2D eigenvalue weighted by atomic mass is 79.9. The van der Waals surface area contributed by atoms with Crippen LogP contribution in [-0.2, 0) is 6.42 Å². The molecule has 0 aliphatic rings. The first-order valence-electron chi connectivity index (χ1n) is 4.40. The molecule has 0 saturated carbocycles. The average molecular weight is 271 g/mol. The first-order valence-corrected chi connectivity index (χ1v) is 5.90. The smallest absolute Gasteiger partial charge is 0.136 e. The number of aromatic nitrogens is 1. The summed E-state index contributed by atoms with van der Waals surface area (Å²) in [5.41, 5.74) is 1.32. The minimum atomic E-state index is 0.577. The number of aryl methyl sites for hydroxylation is 1. The van der Waals surface area contributed by atoms with Gasteiger partial charge in [-0.3, -0.25) is 0 Å². The number of pyridine rings is 1. The highest BCUT2D eigenvalue weighted by Crippen LogP contribution is 2.22. The number of nitrogens with zero attached hydrogens (tertiary/aromatic N) is 1. The van der Waals surface area contributed by atoms with Gasteiger partial charge in [0, 0.05) is 16.9 Å². The number of hydrogen-bond donors (Lipinski definition) is 0. The maximum atomic E-state index is 5.97.